The normalized spacial score (nSPS) is 10.0. The van der Waals surface area contributed by atoms with E-state index in [9.17, 15) is 14.9 Å². The summed E-state index contributed by atoms with van der Waals surface area (Å²) >= 11 is 12.0. The van der Waals surface area contributed by atoms with Gasteiger partial charge in [-0.1, -0.05) is 23.2 Å². The number of halogens is 2. The highest BCUT2D eigenvalue weighted by Crippen LogP contribution is 2.36. The molecular weight excluding hydrogens is 345 g/mol. The lowest BCUT2D eigenvalue weighted by Crippen LogP contribution is -2.24. The number of benzene rings is 2. The molecule has 0 aliphatic carbocycles. The van der Waals surface area contributed by atoms with Crippen LogP contribution in [0.25, 0.3) is 0 Å². The van der Waals surface area contributed by atoms with E-state index in [2.05, 4.69) is 10.6 Å². The maximum absolute atomic E-state index is 11.2. The molecule has 2 N–H and O–H groups in total. The zero-order valence-electron chi connectivity index (χ0n) is 11.8. The molecule has 0 atom stereocenters. The van der Waals surface area contributed by atoms with Crippen LogP contribution in [0.5, 0.6) is 11.5 Å². The molecule has 2 amide bonds. The number of hydrogen-bond acceptors (Lipinski definition) is 4. The van der Waals surface area contributed by atoms with Gasteiger partial charge in [-0.2, -0.15) is 0 Å². The average Bonchev–Trinajstić information content (AvgIpc) is 2.51. The summed E-state index contributed by atoms with van der Waals surface area (Å²) < 4.78 is 5.55. The molecule has 0 saturated carbocycles. The number of nitro benzene ring substituents is 1. The molecule has 23 heavy (non-hydrogen) atoms. The van der Waals surface area contributed by atoms with Crippen LogP contribution >= 0.6 is 23.2 Å². The quantitative estimate of drug-likeness (QED) is 0.625. The minimum absolute atomic E-state index is 0.0860. The van der Waals surface area contributed by atoms with Crippen molar-refractivity contribution in [1.82, 2.24) is 5.32 Å². The maximum atomic E-state index is 11.2. The SMILES string of the molecule is CNC(=O)Nc1ccc(Oc2ccc([N+](=O)[O-])cc2Cl)c(Cl)c1. The minimum atomic E-state index is -0.554. The number of anilines is 1. The van der Waals surface area contributed by atoms with Crippen LogP contribution in [-0.4, -0.2) is 18.0 Å². The molecule has 0 aliphatic heterocycles. The number of urea groups is 1. The standard InChI is InChI=1S/C14H11Cl2N3O4/c1-17-14(20)18-8-2-4-12(10(15)6-8)23-13-5-3-9(19(21)22)7-11(13)16/h2-7H,1H3,(H2,17,18,20). The van der Waals surface area contributed by atoms with Gasteiger partial charge in [0.2, 0.25) is 0 Å². The van der Waals surface area contributed by atoms with Crippen molar-refractivity contribution >= 4 is 40.6 Å². The van der Waals surface area contributed by atoms with Crippen molar-refractivity contribution in [2.75, 3.05) is 12.4 Å². The Bertz CT molecular complexity index is 768. The number of non-ortho nitro benzene ring substituents is 1. The lowest BCUT2D eigenvalue weighted by molar-refractivity contribution is -0.384. The van der Waals surface area contributed by atoms with Gasteiger partial charge in [-0.05, 0) is 24.3 Å². The van der Waals surface area contributed by atoms with Crippen molar-refractivity contribution in [3.05, 3.63) is 56.6 Å². The first-order chi connectivity index (χ1) is 10.9. The predicted molar refractivity (Wildman–Crippen MR) is 87.7 cm³/mol. The first kappa shape index (κ1) is 16.9. The number of ether oxygens (including phenoxy) is 1. The van der Waals surface area contributed by atoms with Crippen molar-refractivity contribution in [1.29, 1.82) is 0 Å². The van der Waals surface area contributed by atoms with Crippen LogP contribution in [0, 0.1) is 10.1 Å². The van der Waals surface area contributed by atoms with Crippen LogP contribution in [0.15, 0.2) is 36.4 Å². The van der Waals surface area contributed by atoms with Gasteiger partial charge >= 0.3 is 6.03 Å². The molecule has 0 aliphatic rings. The zero-order chi connectivity index (χ0) is 17.0. The average molecular weight is 356 g/mol. The number of nitrogens with zero attached hydrogens (tertiary/aromatic N) is 1. The number of nitro groups is 1. The number of rotatable bonds is 4. The van der Waals surface area contributed by atoms with Crippen LogP contribution in [0.1, 0.15) is 0 Å². The predicted octanol–water partition coefficient (Wildman–Crippen LogP) is 4.45. The number of carbonyl (C=O) groups is 1. The van der Waals surface area contributed by atoms with Crippen LogP contribution in [0.4, 0.5) is 16.2 Å². The van der Waals surface area contributed by atoms with Crippen molar-refractivity contribution < 1.29 is 14.5 Å². The van der Waals surface area contributed by atoms with E-state index in [-0.39, 0.29) is 27.5 Å². The van der Waals surface area contributed by atoms with E-state index < -0.39 is 4.92 Å². The first-order valence-corrected chi connectivity index (χ1v) is 7.06. The van der Waals surface area contributed by atoms with Crippen LogP contribution in [0.2, 0.25) is 10.0 Å². The van der Waals surface area contributed by atoms with Crippen molar-refractivity contribution in [2.24, 2.45) is 0 Å². The lowest BCUT2D eigenvalue weighted by Gasteiger charge is -2.11. The summed E-state index contributed by atoms with van der Waals surface area (Å²) in [6, 6.07) is 8.11. The summed E-state index contributed by atoms with van der Waals surface area (Å²) in [5.74, 6) is 0.524. The minimum Gasteiger partial charge on any atom is -0.454 e. The molecule has 2 rings (SSSR count). The molecule has 120 valence electrons. The molecule has 0 spiro atoms. The summed E-state index contributed by atoms with van der Waals surface area (Å²) in [7, 11) is 1.49. The third kappa shape index (κ3) is 4.24. The molecule has 0 fully saturated rings. The third-order valence-corrected chi connectivity index (χ3v) is 3.35. The number of amides is 2. The van der Waals surface area contributed by atoms with E-state index in [4.69, 9.17) is 27.9 Å². The Morgan fingerprint density at radius 3 is 2.26 bits per heavy atom. The van der Waals surface area contributed by atoms with Gasteiger partial charge in [-0.15, -0.1) is 0 Å². The molecule has 7 nitrogen and oxygen atoms in total. The van der Waals surface area contributed by atoms with Crippen molar-refractivity contribution in [3.63, 3.8) is 0 Å². The lowest BCUT2D eigenvalue weighted by atomic mass is 10.3. The Balaban J connectivity index is 2.20. The third-order valence-electron chi connectivity index (χ3n) is 2.76. The van der Waals surface area contributed by atoms with E-state index in [1.807, 2.05) is 0 Å². The van der Waals surface area contributed by atoms with E-state index >= 15 is 0 Å². The highest BCUT2D eigenvalue weighted by molar-refractivity contribution is 6.33. The fourth-order valence-electron chi connectivity index (χ4n) is 1.66. The molecule has 0 radical (unpaired) electrons. The zero-order valence-corrected chi connectivity index (χ0v) is 13.3. The van der Waals surface area contributed by atoms with Crippen LogP contribution < -0.4 is 15.4 Å². The number of hydrogen-bond donors (Lipinski definition) is 2. The largest absolute Gasteiger partial charge is 0.454 e. The summed E-state index contributed by atoms with van der Waals surface area (Å²) in [5.41, 5.74) is 0.343. The Morgan fingerprint density at radius 2 is 1.74 bits per heavy atom. The molecule has 9 heteroatoms. The molecular formula is C14H11Cl2N3O4. The van der Waals surface area contributed by atoms with Crippen molar-refractivity contribution in [3.8, 4) is 11.5 Å². The van der Waals surface area contributed by atoms with Gasteiger partial charge in [0.15, 0.2) is 0 Å². The van der Waals surface area contributed by atoms with E-state index in [0.717, 1.165) is 0 Å². The second-order valence-corrected chi connectivity index (χ2v) is 5.14. The van der Waals surface area contributed by atoms with Crippen molar-refractivity contribution in [2.45, 2.75) is 0 Å². The molecule has 0 bridgehead atoms. The molecule has 0 heterocycles. The number of carbonyl (C=O) groups excluding carboxylic acids is 1. The van der Waals surface area contributed by atoms with E-state index in [1.165, 1.54) is 31.3 Å². The van der Waals surface area contributed by atoms with Gasteiger partial charge in [-0.25, -0.2) is 4.79 Å². The fraction of sp³-hybridized carbons (Fsp3) is 0.0714. The number of nitrogens with one attached hydrogen (secondary N) is 2. The monoisotopic (exact) mass is 355 g/mol. The topological polar surface area (TPSA) is 93.5 Å². The maximum Gasteiger partial charge on any atom is 0.318 e. The van der Waals surface area contributed by atoms with Crippen LogP contribution in [0.3, 0.4) is 0 Å². The highest BCUT2D eigenvalue weighted by Gasteiger charge is 2.12. The fourth-order valence-corrected chi connectivity index (χ4v) is 2.09. The van der Waals surface area contributed by atoms with Gasteiger partial charge in [0, 0.05) is 24.9 Å². The highest BCUT2D eigenvalue weighted by atomic mass is 35.5. The molecule has 2 aromatic rings. The summed E-state index contributed by atoms with van der Waals surface area (Å²) in [5, 5.41) is 16.0. The second-order valence-electron chi connectivity index (χ2n) is 4.32. The van der Waals surface area contributed by atoms with E-state index in [0.29, 0.717) is 11.4 Å². The summed E-state index contributed by atoms with van der Waals surface area (Å²) in [6.45, 7) is 0. The smallest absolute Gasteiger partial charge is 0.318 e. The first-order valence-electron chi connectivity index (χ1n) is 6.31. The molecule has 2 aromatic carbocycles. The Kier molecular flexibility index (Phi) is 5.25. The van der Waals surface area contributed by atoms with Gasteiger partial charge in [0.1, 0.15) is 11.5 Å². The van der Waals surface area contributed by atoms with Crippen LogP contribution in [-0.2, 0) is 0 Å². The summed E-state index contributed by atoms with van der Waals surface area (Å²) in [4.78, 5) is 21.3. The summed E-state index contributed by atoms with van der Waals surface area (Å²) in [6.07, 6.45) is 0. The van der Waals surface area contributed by atoms with Gasteiger partial charge in [0.05, 0.1) is 15.0 Å². The Morgan fingerprint density at radius 1 is 1.13 bits per heavy atom. The van der Waals surface area contributed by atoms with Gasteiger partial charge in [0.25, 0.3) is 5.69 Å². The van der Waals surface area contributed by atoms with E-state index in [1.54, 1.807) is 12.1 Å². The molecule has 0 unspecified atom stereocenters. The molecule has 0 saturated heterocycles. The Hall–Kier alpha value is -2.51. The second kappa shape index (κ2) is 7.17. The molecule has 0 aromatic heterocycles. The van der Waals surface area contributed by atoms with Gasteiger partial charge in [-0.3, -0.25) is 10.1 Å². The van der Waals surface area contributed by atoms with Gasteiger partial charge < -0.3 is 15.4 Å². The Labute approximate surface area is 141 Å².